The average molecular weight is 293 g/mol. The Kier molecular flexibility index (Phi) is 5.11. The van der Waals surface area contributed by atoms with Gasteiger partial charge in [-0.1, -0.05) is 24.3 Å². The summed E-state index contributed by atoms with van der Waals surface area (Å²) in [6.07, 6.45) is 0. The Hall–Kier alpha value is -2.14. The van der Waals surface area contributed by atoms with E-state index in [0.29, 0.717) is 0 Å². The van der Waals surface area contributed by atoms with E-state index in [4.69, 9.17) is 4.74 Å². The van der Waals surface area contributed by atoms with Crippen molar-refractivity contribution in [1.29, 1.82) is 0 Å². The summed E-state index contributed by atoms with van der Waals surface area (Å²) in [6, 6.07) is 14.2. The van der Waals surface area contributed by atoms with Crippen LogP contribution < -0.4 is 14.8 Å². The van der Waals surface area contributed by atoms with Crippen molar-refractivity contribution < 1.29 is 18.3 Å². The lowest BCUT2D eigenvalue weighted by atomic mass is 9.98. The number of methoxy groups -OCH3 is 1. The lowest BCUT2D eigenvalue weighted by Crippen LogP contribution is -2.17. The fourth-order valence-corrected chi connectivity index (χ4v) is 2.19. The molecule has 0 spiro atoms. The van der Waals surface area contributed by atoms with Crippen LogP contribution in [0.15, 0.2) is 48.5 Å². The fraction of sp³-hybridized carbons (Fsp3) is 0.250. The minimum absolute atomic E-state index is 0.0549. The minimum Gasteiger partial charge on any atom is -0.497 e. The highest BCUT2D eigenvalue weighted by Gasteiger charge is 2.13. The fourth-order valence-electron chi connectivity index (χ4n) is 2.19. The summed E-state index contributed by atoms with van der Waals surface area (Å²) in [7, 11) is 3.46. The number of rotatable bonds is 6. The Bertz CT molecular complexity index is 573. The molecule has 0 radical (unpaired) electrons. The zero-order valence-corrected chi connectivity index (χ0v) is 11.8. The van der Waals surface area contributed by atoms with Crippen molar-refractivity contribution in [3.8, 4) is 11.5 Å². The molecule has 0 saturated heterocycles. The van der Waals surface area contributed by atoms with Gasteiger partial charge in [0.2, 0.25) is 0 Å². The van der Waals surface area contributed by atoms with Crippen LogP contribution in [0.2, 0.25) is 0 Å². The largest absolute Gasteiger partial charge is 0.497 e. The van der Waals surface area contributed by atoms with Crippen LogP contribution in [0.4, 0.5) is 8.78 Å². The van der Waals surface area contributed by atoms with Gasteiger partial charge < -0.3 is 14.8 Å². The van der Waals surface area contributed by atoms with Crippen LogP contribution in [0, 0.1) is 0 Å². The molecule has 2 aromatic carbocycles. The third-order valence-corrected chi connectivity index (χ3v) is 3.15. The summed E-state index contributed by atoms with van der Waals surface area (Å²) in [4.78, 5) is 0. The number of ether oxygens (including phenoxy) is 2. The Morgan fingerprint density at radius 2 is 1.67 bits per heavy atom. The predicted octanol–water partition coefficient (Wildman–Crippen LogP) is 3.61. The first kappa shape index (κ1) is 15.3. The lowest BCUT2D eigenvalue weighted by Gasteiger charge is -2.18. The third-order valence-electron chi connectivity index (χ3n) is 3.15. The highest BCUT2D eigenvalue weighted by atomic mass is 19.3. The molecule has 112 valence electrons. The lowest BCUT2D eigenvalue weighted by molar-refractivity contribution is -0.0498. The van der Waals surface area contributed by atoms with Gasteiger partial charge in [-0.15, -0.1) is 0 Å². The zero-order valence-electron chi connectivity index (χ0n) is 11.8. The molecule has 2 aromatic rings. The van der Waals surface area contributed by atoms with Gasteiger partial charge in [0.05, 0.1) is 13.2 Å². The summed E-state index contributed by atoms with van der Waals surface area (Å²) in [6.45, 7) is -2.81. The molecule has 5 heteroatoms. The van der Waals surface area contributed by atoms with Gasteiger partial charge >= 0.3 is 6.61 Å². The Balaban J connectivity index is 2.24. The molecule has 0 aromatic heterocycles. The number of halogens is 2. The van der Waals surface area contributed by atoms with Crippen molar-refractivity contribution in [2.45, 2.75) is 12.7 Å². The maximum Gasteiger partial charge on any atom is 0.387 e. The van der Waals surface area contributed by atoms with E-state index in [2.05, 4.69) is 10.1 Å². The van der Waals surface area contributed by atoms with Crippen molar-refractivity contribution in [1.82, 2.24) is 5.32 Å². The summed E-state index contributed by atoms with van der Waals surface area (Å²) in [5.41, 5.74) is 1.98. The molecule has 21 heavy (non-hydrogen) atoms. The van der Waals surface area contributed by atoms with Gasteiger partial charge in [-0.25, -0.2) is 0 Å². The molecule has 3 nitrogen and oxygen atoms in total. The van der Waals surface area contributed by atoms with E-state index < -0.39 is 6.61 Å². The first-order valence-electron chi connectivity index (χ1n) is 6.50. The Labute approximate surface area is 122 Å². The van der Waals surface area contributed by atoms with Crippen LogP contribution >= 0.6 is 0 Å². The van der Waals surface area contributed by atoms with E-state index in [1.807, 2.05) is 31.3 Å². The normalized spacial score (nSPS) is 12.2. The molecule has 0 amide bonds. The standard InChI is InChI=1S/C16H17F2NO2/c1-19-15(12-4-3-5-14(10-12)20-2)11-6-8-13(9-7-11)21-16(17)18/h3-10,15-16,19H,1-2H3. The molecule has 1 atom stereocenters. The van der Waals surface area contributed by atoms with Crippen LogP contribution in [0.25, 0.3) is 0 Å². The number of nitrogens with one attached hydrogen (secondary N) is 1. The molecule has 0 aliphatic heterocycles. The molecule has 0 bridgehead atoms. The number of hydrogen-bond acceptors (Lipinski definition) is 3. The van der Waals surface area contributed by atoms with Gasteiger partial charge in [-0.3, -0.25) is 0 Å². The van der Waals surface area contributed by atoms with E-state index in [1.54, 1.807) is 19.2 Å². The maximum absolute atomic E-state index is 12.1. The van der Waals surface area contributed by atoms with E-state index >= 15 is 0 Å². The molecule has 0 aliphatic carbocycles. The first-order chi connectivity index (χ1) is 10.1. The van der Waals surface area contributed by atoms with E-state index in [9.17, 15) is 8.78 Å². The van der Waals surface area contributed by atoms with Gasteiger partial charge in [0.25, 0.3) is 0 Å². The molecule has 0 heterocycles. The maximum atomic E-state index is 12.1. The predicted molar refractivity (Wildman–Crippen MR) is 77.0 cm³/mol. The van der Waals surface area contributed by atoms with Gasteiger partial charge in [0, 0.05) is 0 Å². The highest BCUT2D eigenvalue weighted by Crippen LogP contribution is 2.26. The third kappa shape index (κ3) is 3.92. The number of hydrogen-bond donors (Lipinski definition) is 1. The van der Waals surface area contributed by atoms with Gasteiger partial charge in [0.1, 0.15) is 11.5 Å². The average Bonchev–Trinajstić information content (AvgIpc) is 2.49. The van der Waals surface area contributed by atoms with Crippen LogP contribution in [0.1, 0.15) is 17.2 Å². The quantitative estimate of drug-likeness (QED) is 0.882. The zero-order chi connectivity index (χ0) is 15.2. The second-order valence-corrected chi connectivity index (χ2v) is 4.45. The number of benzene rings is 2. The Morgan fingerprint density at radius 1 is 0.952 bits per heavy atom. The molecule has 1 N–H and O–H groups in total. The summed E-state index contributed by atoms with van der Waals surface area (Å²) < 4.78 is 33.9. The molecule has 0 saturated carbocycles. The van der Waals surface area contributed by atoms with E-state index in [-0.39, 0.29) is 11.8 Å². The molecule has 0 aliphatic rings. The highest BCUT2D eigenvalue weighted by molar-refractivity contribution is 5.38. The van der Waals surface area contributed by atoms with Crippen molar-refractivity contribution >= 4 is 0 Å². The van der Waals surface area contributed by atoms with E-state index in [1.165, 1.54) is 12.1 Å². The molecule has 2 rings (SSSR count). The van der Waals surface area contributed by atoms with Crippen molar-refractivity contribution in [2.24, 2.45) is 0 Å². The molecule has 1 unspecified atom stereocenters. The topological polar surface area (TPSA) is 30.5 Å². The van der Waals surface area contributed by atoms with Gasteiger partial charge in [-0.05, 0) is 42.4 Å². The van der Waals surface area contributed by atoms with Crippen LogP contribution in [0.5, 0.6) is 11.5 Å². The SMILES string of the molecule is CNC(c1ccc(OC(F)F)cc1)c1cccc(OC)c1. The van der Waals surface area contributed by atoms with E-state index in [0.717, 1.165) is 16.9 Å². The van der Waals surface area contributed by atoms with Gasteiger partial charge in [0.15, 0.2) is 0 Å². The smallest absolute Gasteiger partial charge is 0.387 e. The second-order valence-electron chi connectivity index (χ2n) is 4.45. The minimum atomic E-state index is -2.81. The molecular formula is C16H17F2NO2. The Morgan fingerprint density at radius 3 is 2.24 bits per heavy atom. The van der Waals surface area contributed by atoms with Crippen LogP contribution in [-0.2, 0) is 0 Å². The van der Waals surface area contributed by atoms with Crippen LogP contribution in [0.3, 0.4) is 0 Å². The van der Waals surface area contributed by atoms with Crippen molar-refractivity contribution in [3.05, 3.63) is 59.7 Å². The van der Waals surface area contributed by atoms with Gasteiger partial charge in [-0.2, -0.15) is 8.78 Å². The number of alkyl halides is 2. The molecular weight excluding hydrogens is 276 g/mol. The second kappa shape index (κ2) is 7.04. The van der Waals surface area contributed by atoms with Crippen molar-refractivity contribution in [2.75, 3.05) is 14.2 Å². The van der Waals surface area contributed by atoms with Crippen molar-refractivity contribution in [3.63, 3.8) is 0 Å². The monoisotopic (exact) mass is 293 g/mol. The summed E-state index contributed by atoms with van der Waals surface area (Å²) >= 11 is 0. The van der Waals surface area contributed by atoms with Crippen LogP contribution in [-0.4, -0.2) is 20.8 Å². The summed E-state index contributed by atoms with van der Waals surface area (Å²) in [5.74, 6) is 0.916. The molecule has 0 fully saturated rings. The summed E-state index contributed by atoms with van der Waals surface area (Å²) in [5, 5.41) is 3.20. The first-order valence-corrected chi connectivity index (χ1v) is 6.50.